The fourth-order valence-corrected chi connectivity index (χ4v) is 6.66. The number of hydrogen-bond donors (Lipinski definition) is 3. The Kier molecular flexibility index (Phi) is 10.8. The zero-order chi connectivity index (χ0) is 32.1. The van der Waals surface area contributed by atoms with Gasteiger partial charge in [-0.25, -0.2) is 13.2 Å². The minimum Gasteiger partial charge on any atom is -0.444 e. The van der Waals surface area contributed by atoms with Crippen molar-refractivity contribution in [2.45, 2.75) is 82.9 Å². The van der Waals surface area contributed by atoms with Crippen LogP contribution in [0, 0.1) is 5.92 Å². The van der Waals surface area contributed by atoms with Crippen molar-refractivity contribution >= 4 is 45.2 Å². The number of nitrogens with one attached hydrogen (secondary N) is 3. The highest BCUT2D eigenvalue weighted by Crippen LogP contribution is 2.34. The topological polar surface area (TPSA) is 134 Å². The number of nitrogens with zero attached hydrogens (tertiary/aromatic N) is 1. The van der Waals surface area contributed by atoms with Gasteiger partial charge < -0.3 is 20.3 Å². The van der Waals surface area contributed by atoms with E-state index in [4.69, 9.17) is 16.3 Å². The van der Waals surface area contributed by atoms with Gasteiger partial charge in [-0.3, -0.25) is 14.3 Å². The summed E-state index contributed by atoms with van der Waals surface area (Å²) >= 11 is 6.08. The minimum absolute atomic E-state index is 0.0849. The molecule has 0 aromatic heterocycles. The SMILES string of the molecule is CC(C)(C)OC(=O)N[C@@H]1CC[C@H](C(=O)N[C@H](Cc2ccc(Cl)cc2)C(=O)N2CCC(c3ccccc3NS(C)(=O)=O)CC2)C1. The van der Waals surface area contributed by atoms with Crippen LogP contribution in [0.2, 0.25) is 5.02 Å². The maximum atomic E-state index is 13.9. The Morgan fingerprint density at radius 2 is 1.66 bits per heavy atom. The minimum atomic E-state index is -3.43. The van der Waals surface area contributed by atoms with E-state index in [2.05, 4.69) is 15.4 Å². The molecule has 44 heavy (non-hydrogen) atoms. The number of carbonyl (C=O) groups excluding carboxylic acids is 3. The van der Waals surface area contributed by atoms with Gasteiger partial charge in [0.2, 0.25) is 21.8 Å². The summed E-state index contributed by atoms with van der Waals surface area (Å²) in [5, 5.41) is 6.47. The van der Waals surface area contributed by atoms with Crippen LogP contribution in [-0.2, 0) is 30.8 Å². The summed E-state index contributed by atoms with van der Waals surface area (Å²) in [6.45, 7) is 6.36. The van der Waals surface area contributed by atoms with Crippen molar-refractivity contribution in [1.29, 1.82) is 0 Å². The number of benzene rings is 2. The summed E-state index contributed by atoms with van der Waals surface area (Å²) in [6, 6.07) is 13.6. The lowest BCUT2D eigenvalue weighted by atomic mass is 9.88. The fraction of sp³-hybridized carbons (Fsp3) is 0.531. The first-order valence-electron chi connectivity index (χ1n) is 15.1. The van der Waals surface area contributed by atoms with Gasteiger partial charge in [0, 0.05) is 36.5 Å². The number of sulfonamides is 1. The number of para-hydroxylation sites is 1. The average Bonchev–Trinajstić information content (AvgIpc) is 3.40. The molecule has 12 heteroatoms. The van der Waals surface area contributed by atoms with Crippen LogP contribution >= 0.6 is 11.6 Å². The van der Waals surface area contributed by atoms with Crippen molar-refractivity contribution in [3.05, 3.63) is 64.7 Å². The monoisotopic (exact) mass is 646 g/mol. The van der Waals surface area contributed by atoms with Crippen molar-refractivity contribution in [1.82, 2.24) is 15.5 Å². The van der Waals surface area contributed by atoms with Gasteiger partial charge in [0.05, 0.1) is 11.9 Å². The number of anilines is 1. The Bertz CT molecular complexity index is 1440. The number of piperidine rings is 1. The molecule has 10 nitrogen and oxygen atoms in total. The van der Waals surface area contributed by atoms with E-state index in [1.54, 1.807) is 49.9 Å². The van der Waals surface area contributed by atoms with Crippen LogP contribution in [0.25, 0.3) is 0 Å². The number of alkyl carbamates (subject to hydrolysis) is 1. The average molecular weight is 647 g/mol. The molecule has 2 aromatic carbocycles. The first-order valence-corrected chi connectivity index (χ1v) is 17.3. The van der Waals surface area contributed by atoms with Gasteiger partial charge in [-0.1, -0.05) is 41.9 Å². The number of amides is 3. The van der Waals surface area contributed by atoms with Crippen molar-refractivity contribution in [2.75, 3.05) is 24.1 Å². The molecule has 2 aromatic rings. The predicted octanol–water partition coefficient (Wildman–Crippen LogP) is 4.84. The molecule has 0 bridgehead atoms. The predicted molar refractivity (Wildman–Crippen MR) is 171 cm³/mol. The van der Waals surface area contributed by atoms with E-state index in [-0.39, 0.29) is 29.7 Å². The molecule has 240 valence electrons. The highest BCUT2D eigenvalue weighted by atomic mass is 35.5. The molecule has 0 unspecified atom stereocenters. The van der Waals surface area contributed by atoms with Gasteiger partial charge in [0.25, 0.3) is 0 Å². The number of hydrogen-bond acceptors (Lipinski definition) is 6. The second-order valence-electron chi connectivity index (χ2n) is 12.8. The molecular formula is C32H43ClN4O6S. The number of rotatable bonds is 9. The lowest BCUT2D eigenvalue weighted by molar-refractivity contribution is -0.138. The van der Waals surface area contributed by atoms with E-state index in [0.29, 0.717) is 62.3 Å². The van der Waals surface area contributed by atoms with E-state index in [0.717, 1.165) is 17.4 Å². The van der Waals surface area contributed by atoms with E-state index in [1.807, 2.05) is 24.3 Å². The van der Waals surface area contributed by atoms with E-state index in [1.165, 1.54) is 0 Å². The zero-order valence-electron chi connectivity index (χ0n) is 25.8. The molecule has 1 aliphatic carbocycles. The largest absolute Gasteiger partial charge is 0.444 e. The van der Waals surface area contributed by atoms with Crippen molar-refractivity contribution in [3.63, 3.8) is 0 Å². The zero-order valence-corrected chi connectivity index (χ0v) is 27.3. The Morgan fingerprint density at radius 3 is 2.30 bits per heavy atom. The summed E-state index contributed by atoms with van der Waals surface area (Å²) in [5.41, 5.74) is 1.73. The van der Waals surface area contributed by atoms with Crippen LogP contribution < -0.4 is 15.4 Å². The van der Waals surface area contributed by atoms with E-state index in [9.17, 15) is 22.8 Å². The van der Waals surface area contributed by atoms with Gasteiger partial charge in [0.15, 0.2) is 0 Å². The first kappa shape index (κ1) is 33.6. The first-order chi connectivity index (χ1) is 20.7. The highest BCUT2D eigenvalue weighted by molar-refractivity contribution is 7.92. The van der Waals surface area contributed by atoms with Crippen LogP contribution in [-0.4, -0.2) is 68.3 Å². The standard InChI is InChI=1S/C32H43ClN4O6S/c1-32(2,3)43-31(40)34-25-14-11-23(20-25)29(38)35-28(19-21-9-12-24(33)13-10-21)30(39)37-17-15-22(16-18-37)26-7-5-6-8-27(26)36-44(4,41)42/h5-10,12-13,22-23,25,28,36H,11,14-20H2,1-4H3,(H,34,40)(H,35,38)/t23-,25+,28+/m0/s1. The lowest BCUT2D eigenvalue weighted by Gasteiger charge is -2.35. The third kappa shape index (κ3) is 9.85. The number of ether oxygens (including phenoxy) is 1. The van der Waals surface area contributed by atoms with Gasteiger partial charge in [-0.2, -0.15) is 0 Å². The molecule has 1 heterocycles. The maximum absolute atomic E-state index is 13.9. The van der Waals surface area contributed by atoms with Crippen molar-refractivity contribution in [3.8, 4) is 0 Å². The third-order valence-corrected chi connectivity index (χ3v) is 8.84. The molecule has 2 fully saturated rings. The summed E-state index contributed by atoms with van der Waals surface area (Å²) in [7, 11) is -3.43. The van der Waals surface area contributed by atoms with Crippen LogP contribution in [0.5, 0.6) is 0 Å². The van der Waals surface area contributed by atoms with E-state index < -0.39 is 27.8 Å². The Balaban J connectivity index is 1.41. The molecule has 0 radical (unpaired) electrons. The van der Waals surface area contributed by atoms with E-state index >= 15 is 0 Å². The summed E-state index contributed by atoms with van der Waals surface area (Å²) in [5.74, 6) is -0.612. The lowest BCUT2D eigenvalue weighted by Crippen LogP contribution is -2.52. The molecule has 1 saturated heterocycles. The quantitative estimate of drug-likeness (QED) is 0.357. The van der Waals surface area contributed by atoms with Crippen molar-refractivity contribution in [2.24, 2.45) is 5.92 Å². The third-order valence-electron chi connectivity index (χ3n) is 7.99. The normalized spacial score (nSPS) is 20.1. The number of halogens is 1. The number of carbonyl (C=O) groups is 3. The molecular weight excluding hydrogens is 604 g/mol. The van der Waals surface area contributed by atoms with Crippen LogP contribution in [0.3, 0.4) is 0 Å². The van der Waals surface area contributed by atoms with Crippen LogP contribution in [0.1, 0.15) is 69.9 Å². The van der Waals surface area contributed by atoms with Crippen LogP contribution in [0.4, 0.5) is 10.5 Å². The number of likely N-dealkylation sites (tertiary alicyclic amines) is 1. The molecule has 3 atom stereocenters. The highest BCUT2D eigenvalue weighted by Gasteiger charge is 2.36. The second-order valence-corrected chi connectivity index (χ2v) is 15.0. The van der Waals surface area contributed by atoms with Crippen molar-refractivity contribution < 1.29 is 27.5 Å². The second kappa shape index (κ2) is 14.2. The maximum Gasteiger partial charge on any atom is 0.407 e. The Labute approximate surface area is 265 Å². The summed E-state index contributed by atoms with van der Waals surface area (Å²) in [4.78, 5) is 41.3. The molecule has 3 N–H and O–H groups in total. The van der Waals surface area contributed by atoms with Gasteiger partial charge in [0.1, 0.15) is 11.6 Å². The molecule has 1 saturated carbocycles. The summed E-state index contributed by atoms with van der Waals surface area (Å²) in [6.07, 6.45) is 3.99. The summed E-state index contributed by atoms with van der Waals surface area (Å²) < 4.78 is 31.7. The van der Waals surface area contributed by atoms with Gasteiger partial charge in [-0.05, 0) is 88.1 Å². The molecule has 0 spiro atoms. The van der Waals surface area contributed by atoms with Gasteiger partial charge in [-0.15, -0.1) is 0 Å². The fourth-order valence-electron chi connectivity index (χ4n) is 5.95. The molecule has 2 aliphatic rings. The molecule has 1 aliphatic heterocycles. The Hall–Kier alpha value is -3.31. The molecule has 3 amide bonds. The van der Waals surface area contributed by atoms with Crippen LogP contribution in [0.15, 0.2) is 48.5 Å². The molecule has 4 rings (SSSR count). The van der Waals surface area contributed by atoms with Gasteiger partial charge >= 0.3 is 6.09 Å². The smallest absolute Gasteiger partial charge is 0.407 e. The Morgan fingerprint density at radius 1 is 1.00 bits per heavy atom.